The van der Waals surface area contributed by atoms with Gasteiger partial charge in [0, 0.05) is 19.2 Å². The van der Waals surface area contributed by atoms with Gasteiger partial charge in [-0.15, -0.1) is 0 Å². The number of Topliss-reactive ketones (excluding diaryl/α,β-unsaturated/α-hetero) is 1. The molecule has 4 saturated carbocycles. The third kappa shape index (κ3) is 3.44. The van der Waals surface area contributed by atoms with Crippen LogP contribution < -0.4 is 5.73 Å². The minimum atomic E-state index is -0.529. The lowest BCUT2D eigenvalue weighted by molar-refractivity contribution is -0.175. The first kappa shape index (κ1) is 22.4. The molecule has 4 aliphatic carbocycles. The molecule has 0 radical (unpaired) electrons. The Morgan fingerprint density at radius 1 is 1.19 bits per heavy atom. The first-order chi connectivity index (χ1) is 15.2. The number of nitrogens with two attached hydrogens (primary N) is 1. The van der Waals surface area contributed by atoms with Gasteiger partial charge in [0.2, 0.25) is 0 Å². The summed E-state index contributed by atoms with van der Waals surface area (Å²) in [6, 6.07) is 0. The fraction of sp³-hybridized carbons (Fsp3) is 0.846. The SMILES string of the molecule is COC[C@]12CC[C@@](C)(O)C[C@H]1CC[C@H]1[C@@H]3CC[C@H](C(=O)Cn4cc(N)cn4)[C@@]3(C)CC[C@@H]12. The number of anilines is 1. The van der Waals surface area contributed by atoms with Crippen molar-refractivity contribution in [3.8, 4) is 0 Å². The lowest BCUT2D eigenvalue weighted by atomic mass is 9.43. The van der Waals surface area contributed by atoms with Crippen LogP contribution in [0.1, 0.15) is 71.6 Å². The van der Waals surface area contributed by atoms with E-state index in [1.165, 1.54) is 25.7 Å². The van der Waals surface area contributed by atoms with Gasteiger partial charge >= 0.3 is 0 Å². The number of fused-ring (bicyclic) bond motifs is 5. The number of ether oxygens (including phenoxy) is 1. The summed E-state index contributed by atoms with van der Waals surface area (Å²) in [6.45, 7) is 5.58. The first-order valence-corrected chi connectivity index (χ1v) is 12.7. The van der Waals surface area contributed by atoms with Gasteiger partial charge in [-0.1, -0.05) is 6.92 Å². The van der Waals surface area contributed by atoms with Crippen molar-refractivity contribution in [2.24, 2.45) is 40.4 Å². The number of hydrogen-bond acceptors (Lipinski definition) is 5. The molecule has 6 nitrogen and oxygen atoms in total. The highest BCUT2D eigenvalue weighted by Gasteiger charge is 2.63. The summed E-state index contributed by atoms with van der Waals surface area (Å²) >= 11 is 0. The average Bonchev–Trinajstić information content (AvgIpc) is 3.30. The van der Waals surface area contributed by atoms with Crippen LogP contribution in [0.3, 0.4) is 0 Å². The summed E-state index contributed by atoms with van der Waals surface area (Å²) < 4.78 is 7.57. The summed E-state index contributed by atoms with van der Waals surface area (Å²) in [5, 5.41) is 15.1. The van der Waals surface area contributed by atoms with Crippen LogP contribution in [-0.2, 0) is 16.1 Å². The largest absolute Gasteiger partial charge is 0.396 e. The Balaban J connectivity index is 1.37. The van der Waals surface area contributed by atoms with Crippen LogP contribution in [0.15, 0.2) is 12.4 Å². The van der Waals surface area contributed by atoms with E-state index in [1.807, 2.05) is 14.0 Å². The maximum atomic E-state index is 13.4. The molecule has 0 bridgehead atoms. The second-order valence-corrected chi connectivity index (χ2v) is 12.1. The molecule has 0 saturated heterocycles. The van der Waals surface area contributed by atoms with E-state index in [1.54, 1.807) is 17.1 Å². The molecule has 0 amide bonds. The lowest BCUT2D eigenvalue weighted by Crippen LogP contribution is -2.58. The Bertz CT molecular complexity index is 866. The van der Waals surface area contributed by atoms with E-state index < -0.39 is 5.60 Å². The molecule has 8 atom stereocenters. The van der Waals surface area contributed by atoms with E-state index in [4.69, 9.17) is 10.5 Å². The Labute approximate surface area is 192 Å². The second kappa shape index (κ2) is 7.83. The number of hydrogen-bond donors (Lipinski definition) is 2. The highest BCUT2D eigenvalue weighted by Crippen LogP contribution is 2.68. The second-order valence-electron chi connectivity index (χ2n) is 12.1. The smallest absolute Gasteiger partial charge is 0.157 e. The van der Waals surface area contributed by atoms with E-state index in [0.29, 0.717) is 41.7 Å². The summed E-state index contributed by atoms with van der Waals surface area (Å²) in [4.78, 5) is 13.4. The van der Waals surface area contributed by atoms with Gasteiger partial charge in [0.1, 0.15) is 0 Å². The number of nitrogens with zero attached hydrogens (tertiary/aromatic N) is 2. The van der Waals surface area contributed by atoms with Gasteiger partial charge in [-0.05, 0) is 99.2 Å². The van der Waals surface area contributed by atoms with E-state index in [0.717, 1.165) is 38.7 Å². The maximum absolute atomic E-state index is 13.4. The van der Waals surface area contributed by atoms with Crippen molar-refractivity contribution in [3.63, 3.8) is 0 Å². The molecule has 5 rings (SSSR count). The molecule has 4 aliphatic rings. The fourth-order valence-corrected chi connectivity index (χ4v) is 9.05. The molecule has 0 unspecified atom stereocenters. The lowest BCUT2D eigenvalue weighted by Gasteiger charge is -2.62. The molecular weight excluding hydrogens is 402 g/mol. The van der Waals surface area contributed by atoms with Crippen LogP contribution in [0.4, 0.5) is 5.69 Å². The quantitative estimate of drug-likeness (QED) is 0.716. The maximum Gasteiger partial charge on any atom is 0.157 e. The molecule has 0 aromatic carbocycles. The predicted octanol–water partition coefficient (Wildman–Crippen LogP) is 4.07. The summed E-state index contributed by atoms with van der Waals surface area (Å²) in [5.74, 6) is 2.97. The van der Waals surface area contributed by atoms with Gasteiger partial charge in [-0.3, -0.25) is 9.48 Å². The van der Waals surface area contributed by atoms with Crippen molar-refractivity contribution in [1.82, 2.24) is 9.78 Å². The zero-order chi connectivity index (χ0) is 22.7. The molecule has 0 spiro atoms. The number of carbonyl (C=O) groups is 1. The van der Waals surface area contributed by atoms with Crippen molar-refractivity contribution >= 4 is 11.5 Å². The molecule has 1 aromatic heterocycles. The zero-order valence-corrected chi connectivity index (χ0v) is 20.1. The number of ketones is 1. The summed E-state index contributed by atoms with van der Waals surface area (Å²) in [7, 11) is 1.85. The average molecular weight is 444 g/mol. The van der Waals surface area contributed by atoms with Gasteiger partial charge in [0.15, 0.2) is 5.78 Å². The van der Waals surface area contributed by atoms with Gasteiger partial charge in [0.25, 0.3) is 0 Å². The van der Waals surface area contributed by atoms with Crippen molar-refractivity contribution in [2.45, 2.75) is 83.8 Å². The van der Waals surface area contributed by atoms with Crippen molar-refractivity contribution in [3.05, 3.63) is 12.4 Å². The molecule has 4 fully saturated rings. The number of carbonyl (C=O) groups excluding carboxylic acids is 1. The van der Waals surface area contributed by atoms with Crippen molar-refractivity contribution in [1.29, 1.82) is 0 Å². The number of aliphatic hydroxyl groups is 1. The Morgan fingerprint density at radius 3 is 2.72 bits per heavy atom. The van der Waals surface area contributed by atoms with Crippen LogP contribution in [-0.4, -0.2) is 40.0 Å². The third-order valence-electron chi connectivity index (χ3n) is 10.4. The number of aromatic nitrogens is 2. The first-order valence-electron chi connectivity index (χ1n) is 12.7. The van der Waals surface area contributed by atoms with Crippen LogP contribution in [0, 0.1) is 40.4 Å². The fourth-order valence-electron chi connectivity index (χ4n) is 9.05. The van der Waals surface area contributed by atoms with E-state index >= 15 is 0 Å². The molecule has 1 aromatic rings. The number of methoxy groups -OCH3 is 1. The number of nitrogen functional groups attached to an aromatic ring is 1. The van der Waals surface area contributed by atoms with Crippen LogP contribution in [0.2, 0.25) is 0 Å². The molecule has 1 heterocycles. The van der Waals surface area contributed by atoms with Crippen molar-refractivity contribution in [2.75, 3.05) is 19.5 Å². The standard InChI is InChI=1S/C26H41N3O3/c1-24(31)10-11-26(16-32-3)17(12-24)4-5-19-20-6-7-22(25(20,2)9-8-21(19)26)23(30)15-29-14-18(27)13-28-29/h13-14,17,19-22,31H,4-12,15-16,27H2,1-3H3/t17-,19+,20+,21+,22-,24-,25+,26-/m1/s1. The Kier molecular flexibility index (Phi) is 5.48. The molecule has 178 valence electrons. The number of rotatable bonds is 5. The summed E-state index contributed by atoms with van der Waals surface area (Å²) in [5.41, 5.74) is 6.18. The zero-order valence-electron chi connectivity index (χ0n) is 20.1. The van der Waals surface area contributed by atoms with E-state index in [9.17, 15) is 9.90 Å². The molecule has 0 aliphatic heterocycles. The van der Waals surface area contributed by atoms with E-state index in [-0.39, 0.29) is 16.7 Å². The van der Waals surface area contributed by atoms with E-state index in [2.05, 4.69) is 12.0 Å². The van der Waals surface area contributed by atoms with Crippen molar-refractivity contribution < 1.29 is 14.6 Å². The van der Waals surface area contributed by atoms with Gasteiger partial charge in [0.05, 0.1) is 30.6 Å². The Hall–Kier alpha value is -1.40. The van der Waals surface area contributed by atoms with Gasteiger partial charge < -0.3 is 15.6 Å². The highest BCUT2D eigenvalue weighted by atomic mass is 16.5. The minimum absolute atomic E-state index is 0.0954. The highest BCUT2D eigenvalue weighted by molar-refractivity contribution is 5.82. The Morgan fingerprint density at radius 2 is 2.00 bits per heavy atom. The monoisotopic (exact) mass is 443 g/mol. The molecule has 32 heavy (non-hydrogen) atoms. The third-order valence-corrected chi connectivity index (χ3v) is 10.4. The normalized spacial score (nSPS) is 45.7. The summed E-state index contributed by atoms with van der Waals surface area (Å²) in [6.07, 6.45) is 13.2. The predicted molar refractivity (Wildman–Crippen MR) is 124 cm³/mol. The molecule has 3 N–H and O–H groups in total. The molecular formula is C26H41N3O3. The van der Waals surface area contributed by atoms with Crippen LogP contribution in [0.5, 0.6) is 0 Å². The van der Waals surface area contributed by atoms with Crippen LogP contribution >= 0.6 is 0 Å². The molecule has 6 heteroatoms. The van der Waals surface area contributed by atoms with Gasteiger partial charge in [-0.25, -0.2) is 0 Å². The minimum Gasteiger partial charge on any atom is -0.396 e. The van der Waals surface area contributed by atoms with Crippen LogP contribution in [0.25, 0.3) is 0 Å². The topological polar surface area (TPSA) is 90.4 Å². The van der Waals surface area contributed by atoms with Gasteiger partial charge in [-0.2, -0.15) is 5.10 Å².